The smallest absolute Gasteiger partial charge is 0.311 e. The third-order valence-corrected chi connectivity index (χ3v) is 4.27. The van der Waals surface area contributed by atoms with Crippen molar-refractivity contribution in [3.05, 3.63) is 65.0 Å². The quantitative estimate of drug-likeness (QED) is 0.865. The first-order chi connectivity index (χ1) is 12.0. The number of rotatable bonds is 3. The van der Waals surface area contributed by atoms with Crippen LogP contribution in [-0.4, -0.2) is 29.8 Å². The molecule has 2 aromatic carbocycles. The molecule has 0 bridgehead atoms. The molecule has 0 aromatic heterocycles. The molecule has 1 heterocycles. The Morgan fingerprint density at radius 3 is 2.56 bits per heavy atom. The Hall–Kier alpha value is -2.89. The van der Waals surface area contributed by atoms with Crippen LogP contribution in [0.15, 0.2) is 42.5 Å². The van der Waals surface area contributed by atoms with Crippen LogP contribution < -0.4 is 10.5 Å². The van der Waals surface area contributed by atoms with Gasteiger partial charge in [-0.1, -0.05) is 18.2 Å². The molecule has 6 heteroatoms. The van der Waals surface area contributed by atoms with Gasteiger partial charge in [-0.2, -0.15) is 0 Å². The highest BCUT2D eigenvalue weighted by Crippen LogP contribution is 2.23. The van der Waals surface area contributed by atoms with Gasteiger partial charge in [0.1, 0.15) is 18.2 Å². The Bertz CT molecular complexity index is 807. The Balaban J connectivity index is 1.67. The van der Waals surface area contributed by atoms with Gasteiger partial charge in [0.05, 0.1) is 0 Å². The lowest BCUT2D eigenvalue weighted by Crippen LogP contribution is -2.41. The number of carbonyl (C=O) groups is 2. The third kappa shape index (κ3) is 4.15. The molecular formula is C19H19FN2O3. The molecule has 3 rings (SSSR count). The van der Waals surface area contributed by atoms with E-state index in [1.165, 1.54) is 17.0 Å². The molecule has 0 unspecified atom stereocenters. The number of hydrogen-bond donors (Lipinski definition) is 1. The fourth-order valence-electron chi connectivity index (χ4n) is 2.94. The average Bonchev–Trinajstić information content (AvgIpc) is 2.81. The predicted octanol–water partition coefficient (Wildman–Crippen LogP) is 1.82. The van der Waals surface area contributed by atoms with E-state index < -0.39 is 11.8 Å². The summed E-state index contributed by atoms with van der Waals surface area (Å²) in [6.45, 7) is 1.20. The molecule has 0 atom stereocenters. The lowest BCUT2D eigenvalue weighted by atomic mass is 10.0. The number of amides is 2. The number of primary amides is 1. The van der Waals surface area contributed by atoms with Crippen LogP contribution in [0.4, 0.5) is 4.39 Å². The van der Waals surface area contributed by atoms with E-state index in [9.17, 15) is 14.0 Å². The second-order valence-corrected chi connectivity index (χ2v) is 6.01. The van der Waals surface area contributed by atoms with Gasteiger partial charge < -0.3 is 15.4 Å². The fourth-order valence-corrected chi connectivity index (χ4v) is 2.94. The van der Waals surface area contributed by atoms with Crippen molar-refractivity contribution in [1.82, 2.24) is 4.90 Å². The summed E-state index contributed by atoms with van der Waals surface area (Å²) in [6.07, 6.45) is 1.30. The molecule has 1 aliphatic heterocycles. The maximum Gasteiger partial charge on any atom is 0.311 e. The summed E-state index contributed by atoms with van der Waals surface area (Å²) in [5, 5.41) is 0. The van der Waals surface area contributed by atoms with Crippen molar-refractivity contribution in [2.24, 2.45) is 5.73 Å². The second-order valence-electron chi connectivity index (χ2n) is 6.01. The Kier molecular flexibility index (Phi) is 4.97. The van der Waals surface area contributed by atoms with Crippen LogP contribution in [0.2, 0.25) is 0 Å². The van der Waals surface area contributed by atoms with Crippen LogP contribution in [0, 0.1) is 5.82 Å². The van der Waals surface area contributed by atoms with Crippen LogP contribution >= 0.6 is 0 Å². The zero-order chi connectivity index (χ0) is 17.8. The zero-order valence-corrected chi connectivity index (χ0v) is 13.7. The first-order valence-corrected chi connectivity index (χ1v) is 8.10. The standard InChI is InChI=1S/C19H19FN2O3/c20-16-3-1-2-13(10-16)12-25-17-5-4-14-6-8-22(19(24)18(21)23)9-7-15(14)11-17/h1-5,10-11H,6-9,12H2,(H2,21,23). The maximum absolute atomic E-state index is 13.2. The summed E-state index contributed by atoms with van der Waals surface area (Å²) in [5.74, 6) is -1.17. The zero-order valence-electron chi connectivity index (χ0n) is 13.7. The van der Waals surface area contributed by atoms with Crippen molar-refractivity contribution in [2.75, 3.05) is 13.1 Å². The highest BCUT2D eigenvalue weighted by Gasteiger charge is 2.22. The molecule has 2 amide bonds. The van der Waals surface area contributed by atoms with Crippen molar-refractivity contribution in [1.29, 1.82) is 0 Å². The normalized spacial score (nSPS) is 13.7. The van der Waals surface area contributed by atoms with Crippen molar-refractivity contribution in [3.63, 3.8) is 0 Å². The van der Waals surface area contributed by atoms with Gasteiger partial charge in [-0.25, -0.2) is 4.39 Å². The molecule has 2 aromatic rings. The summed E-state index contributed by atoms with van der Waals surface area (Å²) < 4.78 is 18.9. The van der Waals surface area contributed by atoms with Gasteiger partial charge in [0.2, 0.25) is 0 Å². The van der Waals surface area contributed by atoms with E-state index in [2.05, 4.69) is 0 Å². The summed E-state index contributed by atoms with van der Waals surface area (Å²) in [5.41, 5.74) is 8.04. The van der Waals surface area contributed by atoms with Crippen molar-refractivity contribution < 1.29 is 18.7 Å². The number of ether oxygens (including phenoxy) is 1. The Labute approximate surface area is 145 Å². The second kappa shape index (κ2) is 7.34. The van der Waals surface area contributed by atoms with Gasteiger partial charge in [0, 0.05) is 13.1 Å². The molecule has 130 valence electrons. The number of halogens is 1. The van der Waals surface area contributed by atoms with E-state index in [1.54, 1.807) is 12.1 Å². The molecule has 2 N–H and O–H groups in total. The predicted molar refractivity (Wildman–Crippen MR) is 90.4 cm³/mol. The summed E-state index contributed by atoms with van der Waals surface area (Å²) in [7, 11) is 0. The molecule has 0 radical (unpaired) electrons. The fraction of sp³-hybridized carbons (Fsp3) is 0.263. The van der Waals surface area contributed by atoms with Gasteiger partial charge in [0.15, 0.2) is 0 Å². The number of hydrogen-bond acceptors (Lipinski definition) is 3. The number of carbonyl (C=O) groups excluding carboxylic acids is 2. The number of nitrogens with two attached hydrogens (primary N) is 1. The molecule has 0 spiro atoms. The minimum Gasteiger partial charge on any atom is -0.489 e. The Morgan fingerprint density at radius 1 is 1.08 bits per heavy atom. The summed E-state index contributed by atoms with van der Waals surface area (Å²) in [4.78, 5) is 24.3. The van der Waals surface area contributed by atoms with Crippen LogP contribution in [0.3, 0.4) is 0 Å². The van der Waals surface area contributed by atoms with Crippen LogP contribution in [0.25, 0.3) is 0 Å². The van der Waals surface area contributed by atoms with Gasteiger partial charge in [-0.05, 0) is 53.8 Å². The Morgan fingerprint density at radius 2 is 1.84 bits per heavy atom. The lowest BCUT2D eigenvalue weighted by Gasteiger charge is -2.17. The molecule has 25 heavy (non-hydrogen) atoms. The highest BCUT2D eigenvalue weighted by molar-refractivity contribution is 6.34. The summed E-state index contributed by atoms with van der Waals surface area (Å²) in [6, 6.07) is 12.1. The lowest BCUT2D eigenvalue weighted by molar-refractivity contribution is -0.144. The number of benzene rings is 2. The molecule has 5 nitrogen and oxygen atoms in total. The largest absolute Gasteiger partial charge is 0.489 e. The van der Waals surface area contributed by atoms with Gasteiger partial charge >= 0.3 is 11.8 Å². The SMILES string of the molecule is NC(=O)C(=O)N1CCc2ccc(OCc3cccc(F)c3)cc2CC1. The van der Waals surface area contributed by atoms with Crippen LogP contribution in [0.5, 0.6) is 5.75 Å². The maximum atomic E-state index is 13.2. The van der Waals surface area contributed by atoms with Crippen molar-refractivity contribution in [2.45, 2.75) is 19.4 Å². The van der Waals surface area contributed by atoms with E-state index in [4.69, 9.17) is 10.5 Å². The first-order valence-electron chi connectivity index (χ1n) is 8.10. The molecule has 0 saturated heterocycles. The monoisotopic (exact) mass is 342 g/mol. The third-order valence-electron chi connectivity index (χ3n) is 4.27. The molecular weight excluding hydrogens is 323 g/mol. The van der Waals surface area contributed by atoms with Crippen molar-refractivity contribution >= 4 is 11.8 Å². The average molecular weight is 342 g/mol. The number of nitrogens with zero attached hydrogens (tertiary/aromatic N) is 1. The highest BCUT2D eigenvalue weighted by atomic mass is 19.1. The summed E-state index contributed by atoms with van der Waals surface area (Å²) >= 11 is 0. The van der Waals surface area contributed by atoms with Crippen LogP contribution in [0.1, 0.15) is 16.7 Å². The molecule has 0 fully saturated rings. The van der Waals surface area contributed by atoms with Crippen LogP contribution in [-0.2, 0) is 29.0 Å². The minimum absolute atomic E-state index is 0.281. The van der Waals surface area contributed by atoms with Gasteiger partial charge in [-0.15, -0.1) is 0 Å². The first kappa shape index (κ1) is 17.0. The van der Waals surface area contributed by atoms with E-state index >= 15 is 0 Å². The molecule has 0 saturated carbocycles. The molecule has 0 aliphatic carbocycles. The van der Waals surface area contributed by atoms with E-state index in [-0.39, 0.29) is 12.4 Å². The topological polar surface area (TPSA) is 72.6 Å². The van der Waals surface area contributed by atoms with Crippen molar-refractivity contribution in [3.8, 4) is 5.75 Å². The van der Waals surface area contributed by atoms with Gasteiger partial charge in [0.25, 0.3) is 0 Å². The van der Waals surface area contributed by atoms with E-state index in [0.29, 0.717) is 31.7 Å². The van der Waals surface area contributed by atoms with E-state index in [0.717, 1.165) is 16.7 Å². The van der Waals surface area contributed by atoms with E-state index in [1.807, 2.05) is 18.2 Å². The molecule has 1 aliphatic rings. The minimum atomic E-state index is -0.926. The number of fused-ring (bicyclic) bond motifs is 1. The van der Waals surface area contributed by atoms with Gasteiger partial charge in [-0.3, -0.25) is 9.59 Å².